The molecule has 0 amide bonds. The maximum atomic E-state index is 3.42. The second kappa shape index (κ2) is 6.15. The van der Waals surface area contributed by atoms with Crippen LogP contribution in [-0.2, 0) is 6.42 Å². The molecule has 0 aliphatic carbocycles. The molecule has 0 unspecified atom stereocenters. The molecule has 0 saturated carbocycles. The van der Waals surface area contributed by atoms with Crippen LogP contribution in [-0.4, -0.2) is 13.4 Å². The zero-order chi connectivity index (χ0) is 11.1. The fourth-order valence-electron chi connectivity index (χ4n) is 1.44. The number of aryl methyl sites for hydroxylation is 1. The lowest BCUT2D eigenvalue weighted by molar-refractivity contribution is 1.10. The highest BCUT2D eigenvalue weighted by Gasteiger charge is 2.17. The molecule has 0 heterocycles. The maximum absolute atomic E-state index is 3.42. The molecule has 0 saturated heterocycles. The van der Waals surface area contributed by atoms with Gasteiger partial charge in [0.1, 0.15) is 8.07 Å². The summed E-state index contributed by atoms with van der Waals surface area (Å²) in [6.45, 7) is 4.68. The Bertz CT molecular complexity index is 346. The summed E-state index contributed by atoms with van der Waals surface area (Å²) in [6.07, 6.45) is 1.16. The molecular weight excluding hydrogens is 264 g/mol. The topological polar surface area (TPSA) is 0 Å². The average molecular weight is 281 g/mol. The van der Waals surface area contributed by atoms with Gasteiger partial charge in [0.15, 0.2) is 0 Å². The number of hydrogen-bond acceptors (Lipinski definition) is 0. The van der Waals surface area contributed by atoms with Crippen molar-refractivity contribution in [3.05, 3.63) is 35.9 Å². The van der Waals surface area contributed by atoms with Crippen molar-refractivity contribution in [1.82, 2.24) is 0 Å². The number of hydrogen-bond donors (Lipinski definition) is 0. The van der Waals surface area contributed by atoms with E-state index >= 15 is 0 Å². The predicted octanol–water partition coefficient (Wildman–Crippen LogP) is 3.88. The van der Waals surface area contributed by atoms with E-state index in [-0.39, 0.29) is 0 Å². The van der Waals surface area contributed by atoms with Gasteiger partial charge in [-0.1, -0.05) is 65.3 Å². The summed E-state index contributed by atoms with van der Waals surface area (Å²) in [5, 5.41) is 0.800. The molecular formula is C13H17BrSi. The summed E-state index contributed by atoms with van der Waals surface area (Å²) < 4.78 is 0. The van der Waals surface area contributed by atoms with Crippen LogP contribution in [0.3, 0.4) is 0 Å². The van der Waals surface area contributed by atoms with Crippen molar-refractivity contribution < 1.29 is 0 Å². The van der Waals surface area contributed by atoms with Crippen molar-refractivity contribution in [2.24, 2.45) is 0 Å². The smallest absolute Gasteiger partial charge is 0.131 e. The third-order valence-electron chi connectivity index (χ3n) is 2.38. The minimum Gasteiger partial charge on any atom is -0.131 e. The van der Waals surface area contributed by atoms with Gasteiger partial charge in [0.25, 0.3) is 0 Å². The molecule has 0 spiro atoms. The minimum atomic E-state index is -1.30. The summed E-state index contributed by atoms with van der Waals surface area (Å²) in [5.41, 5.74) is 4.85. The fraction of sp³-hybridized carbons (Fsp3) is 0.385. The van der Waals surface area contributed by atoms with Gasteiger partial charge in [-0.25, -0.2) is 0 Å². The second-order valence-corrected chi connectivity index (χ2v) is 9.38. The zero-order valence-corrected chi connectivity index (χ0v) is 12.0. The van der Waals surface area contributed by atoms with Gasteiger partial charge < -0.3 is 0 Å². The number of alkyl halides is 1. The Labute approximate surface area is 102 Å². The van der Waals surface area contributed by atoms with Crippen LogP contribution in [0, 0.1) is 11.5 Å². The largest absolute Gasteiger partial charge is 0.132 e. The Hall–Kier alpha value is -0.523. The molecule has 0 aliphatic rings. The Morgan fingerprint density at radius 2 is 1.87 bits per heavy atom. The van der Waals surface area contributed by atoms with Crippen molar-refractivity contribution in [1.29, 1.82) is 0 Å². The van der Waals surface area contributed by atoms with Crippen molar-refractivity contribution in [2.75, 3.05) is 5.33 Å². The second-order valence-electron chi connectivity index (χ2n) is 4.30. The lowest BCUT2D eigenvalue weighted by atomic mass is 10.2. The maximum Gasteiger partial charge on any atom is 0.132 e. The first-order valence-electron chi connectivity index (χ1n) is 5.24. The Morgan fingerprint density at radius 1 is 1.20 bits per heavy atom. The fourth-order valence-corrected chi connectivity index (χ4v) is 3.44. The van der Waals surface area contributed by atoms with Crippen LogP contribution in [0.5, 0.6) is 0 Å². The standard InChI is InChI=1S/C13H17BrSi/c1-15(2,11-6-10-14)12-9-13-7-4-3-5-8-13/h3-5,7-8H,9-10,12H2,1-2H3. The van der Waals surface area contributed by atoms with Gasteiger partial charge in [0.05, 0.1) is 5.33 Å². The molecule has 0 atom stereocenters. The highest BCUT2D eigenvalue weighted by atomic mass is 79.9. The van der Waals surface area contributed by atoms with Crippen LogP contribution in [0.15, 0.2) is 30.3 Å². The van der Waals surface area contributed by atoms with Gasteiger partial charge in [-0.3, -0.25) is 0 Å². The van der Waals surface area contributed by atoms with Crippen LogP contribution in [0.2, 0.25) is 19.1 Å². The first-order valence-corrected chi connectivity index (χ1v) is 9.57. The van der Waals surface area contributed by atoms with Gasteiger partial charge in [-0.05, 0) is 18.0 Å². The van der Waals surface area contributed by atoms with Crippen molar-refractivity contribution >= 4 is 24.0 Å². The predicted molar refractivity (Wildman–Crippen MR) is 74.0 cm³/mol. The monoisotopic (exact) mass is 280 g/mol. The normalized spacial score (nSPS) is 10.6. The van der Waals surface area contributed by atoms with Crippen LogP contribution >= 0.6 is 15.9 Å². The van der Waals surface area contributed by atoms with E-state index in [1.165, 1.54) is 11.6 Å². The molecule has 1 rings (SSSR count). The highest BCUT2D eigenvalue weighted by molar-refractivity contribution is 9.09. The molecule has 2 heteroatoms. The highest BCUT2D eigenvalue weighted by Crippen LogP contribution is 2.13. The summed E-state index contributed by atoms with van der Waals surface area (Å²) in [5.74, 6) is 3.15. The third-order valence-corrected chi connectivity index (χ3v) is 5.01. The third kappa shape index (κ3) is 5.20. The Morgan fingerprint density at radius 3 is 2.47 bits per heavy atom. The molecule has 0 nitrogen and oxygen atoms in total. The lowest BCUT2D eigenvalue weighted by Crippen LogP contribution is -2.23. The molecule has 1 aromatic carbocycles. The first kappa shape index (κ1) is 12.5. The minimum absolute atomic E-state index is 0.800. The summed E-state index contributed by atoms with van der Waals surface area (Å²) >= 11 is 3.35. The van der Waals surface area contributed by atoms with Crippen LogP contribution < -0.4 is 0 Å². The summed E-state index contributed by atoms with van der Waals surface area (Å²) in [6, 6.07) is 11.9. The molecule has 0 bridgehead atoms. The molecule has 0 radical (unpaired) electrons. The SMILES string of the molecule is C[Si](C)(C#CCBr)CCc1ccccc1. The van der Waals surface area contributed by atoms with E-state index in [2.05, 4.69) is 70.8 Å². The van der Waals surface area contributed by atoms with E-state index in [1.54, 1.807) is 0 Å². The van der Waals surface area contributed by atoms with Gasteiger partial charge >= 0.3 is 0 Å². The van der Waals surface area contributed by atoms with Crippen LogP contribution in [0.25, 0.3) is 0 Å². The van der Waals surface area contributed by atoms with Crippen molar-refractivity contribution in [3.8, 4) is 11.5 Å². The van der Waals surface area contributed by atoms with Gasteiger partial charge in [-0.15, -0.1) is 5.54 Å². The van der Waals surface area contributed by atoms with Crippen LogP contribution in [0.1, 0.15) is 5.56 Å². The molecule has 0 N–H and O–H groups in total. The lowest BCUT2D eigenvalue weighted by Gasteiger charge is -2.14. The molecule has 0 aliphatic heterocycles. The number of halogens is 1. The van der Waals surface area contributed by atoms with Gasteiger partial charge in [-0.2, -0.15) is 0 Å². The number of rotatable bonds is 3. The van der Waals surface area contributed by atoms with Gasteiger partial charge in [0, 0.05) is 0 Å². The first-order chi connectivity index (χ1) is 7.14. The van der Waals surface area contributed by atoms with E-state index in [0.29, 0.717) is 0 Å². The van der Waals surface area contributed by atoms with Crippen LogP contribution in [0.4, 0.5) is 0 Å². The summed E-state index contributed by atoms with van der Waals surface area (Å²) in [4.78, 5) is 0. The van der Waals surface area contributed by atoms with E-state index in [1.807, 2.05) is 0 Å². The Kier molecular flexibility index (Phi) is 5.14. The quantitative estimate of drug-likeness (QED) is 0.448. The molecule has 80 valence electrons. The number of benzene rings is 1. The van der Waals surface area contributed by atoms with E-state index in [9.17, 15) is 0 Å². The Balaban J connectivity index is 2.50. The molecule has 15 heavy (non-hydrogen) atoms. The molecule has 0 fully saturated rings. The van der Waals surface area contributed by atoms with Gasteiger partial charge in [0.2, 0.25) is 0 Å². The molecule has 0 aromatic heterocycles. The van der Waals surface area contributed by atoms with E-state index in [0.717, 1.165) is 11.8 Å². The zero-order valence-electron chi connectivity index (χ0n) is 9.39. The van der Waals surface area contributed by atoms with E-state index < -0.39 is 8.07 Å². The van der Waals surface area contributed by atoms with Crippen molar-refractivity contribution in [2.45, 2.75) is 25.6 Å². The van der Waals surface area contributed by atoms with E-state index in [4.69, 9.17) is 0 Å². The molecule has 1 aromatic rings. The van der Waals surface area contributed by atoms with Crippen molar-refractivity contribution in [3.63, 3.8) is 0 Å². The summed E-state index contributed by atoms with van der Waals surface area (Å²) in [7, 11) is -1.30. The average Bonchev–Trinajstić information content (AvgIpc) is 2.25.